The molecule has 0 aromatic heterocycles. The third-order valence-electron chi connectivity index (χ3n) is 0.289. The van der Waals surface area contributed by atoms with Crippen molar-refractivity contribution < 1.29 is 0 Å². The van der Waals surface area contributed by atoms with E-state index in [1.54, 1.807) is 0 Å². The van der Waals surface area contributed by atoms with Crippen molar-refractivity contribution in [2.45, 2.75) is 33.0 Å². The molecule has 0 aliphatic heterocycles. The Morgan fingerprint density at radius 1 is 1.33 bits per heavy atom. The van der Waals surface area contributed by atoms with Gasteiger partial charge in [-0.05, 0) is 13.0 Å². The van der Waals surface area contributed by atoms with E-state index in [2.05, 4.69) is 26.6 Å². The van der Waals surface area contributed by atoms with Crippen LogP contribution in [0.3, 0.4) is 0 Å². The summed E-state index contributed by atoms with van der Waals surface area (Å²) >= 11 is 1.45. The summed E-state index contributed by atoms with van der Waals surface area (Å²) in [5.74, 6) is 0. The molecule has 9 heavy (non-hydrogen) atoms. The first-order chi connectivity index (χ1) is 3.91. The van der Waals surface area contributed by atoms with Crippen molar-refractivity contribution >= 4 is 26.7 Å². The quantitative estimate of drug-likeness (QED) is 0.567. The van der Waals surface area contributed by atoms with E-state index < -0.39 is 5.72 Å². The van der Waals surface area contributed by atoms with Crippen molar-refractivity contribution in [1.82, 2.24) is 0 Å². The second-order valence-corrected chi connectivity index (χ2v) is 18.8. The third kappa shape index (κ3) is 114. The highest BCUT2D eigenvalue weighted by Gasteiger charge is 1.98. The topological polar surface area (TPSA) is 26.0 Å². The SMILES string of the molecule is CCCN.C[Si](C)(C)[MgH]. The molecule has 3 heteroatoms. The monoisotopic (exact) mass is 157 g/mol. The number of rotatable bonds is 1. The van der Waals surface area contributed by atoms with Crippen molar-refractivity contribution in [1.29, 1.82) is 0 Å². The van der Waals surface area contributed by atoms with Gasteiger partial charge < -0.3 is 5.73 Å². The molecule has 0 atom stereocenters. The molecule has 0 aromatic carbocycles. The summed E-state index contributed by atoms with van der Waals surface area (Å²) in [5, 5.41) is 0. The zero-order valence-corrected chi connectivity index (χ0v) is 10.5. The lowest BCUT2D eigenvalue weighted by Crippen LogP contribution is -2.18. The van der Waals surface area contributed by atoms with E-state index in [1.165, 1.54) is 20.9 Å². The van der Waals surface area contributed by atoms with Gasteiger partial charge in [-0.15, -0.1) is 0 Å². The second kappa shape index (κ2) is 7.05. The summed E-state index contributed by atoms with van der Waals surface area (Å²) in [6.45, 7) is 10.0. The van der Waals surface area contributed by atoms with Gasteiger partial charge in [-0.3, -0.25) is 0 Å². The lowest BCUT2D eigenvalue weighted by atomic mass is 10.5. The summed E-state index contributed by atoms with van der Waals surface area (Å²) < 4.78 is 0. The molecule has 0 aliphatic carbocycles. The Morgan fingerprint density at radius 3 is 1.44 bits per heavy atom. The largest absolute Gasteiger partial charge is 0.340 e. The van der Waals surface area contributed by atoms with Gasteiger partial charge in [0.2, 0.25) is 0 Å². The minimum absolute atomic E-state index is 0.472. The number of hydrogen-bond donors (Lipinski definition) is 1. The van der Waals surface area contributed by atoms with Crippen LogP contribution in [0.1, 0.15) is 13.3 Å². The molecular formula is C6H19MgNSi. The maximum absolute atomic E-state index is 5.03. The van der Waals surface area contributed by atoms with Crippen LogP contribution in [-0.2, 0) is 0 Å². The van der Waals surface area contributed by atoms with Gasteiger partial charge in [-0.25, -0.2) is 0 Å². The maximum atomic E-state index is 5.03. The van der Waals surface area contributed by atoms with E-state index in [0.717, 1.165) is 13.0 Å². The third-order valence-corrected chi connectivity index (χ3v) is 0.289. The first kappa shape index (κ1) is 12.6. The molecule has 0 fully saturated rings. The Morgan fingerprint density at radius 2 is 1.44 bits per heavy atom. The smallest absolute Gasteiger partial charge is 0.330 e. The standard InChI is InChI=1S/C3H9N.C3H9Si.Mg.H/c1-2-3-4;1-4(2)3;;/h2-4H2,1H3;1-3H3;;. The Bertz CT molecular complexity index is 43.5. The summed E-state index contributed by atoms with van der Waals surface area (Å²) in [4.78, 5) is 0. The molecule has 0 bridgehead atoms. The predicted octanol–water partition coefficient (Wildman–Crippen LogP) is 1.08. The molecule has 0 saturated heterocycles. The van der Waals surface area contributed by atoms with Crippen LogP contribution in [0.2, 0.25) is 19.6 Å². The summed E-state index contributed by atoms with van der Waals surface area (Å²) in [7, 11) is 0. The van der Waals surface area contributed by atoms with Gasteiger partial charge in [0.25, 0.3) is 0 Å². The Balaban J connectivity index is 0. The van der Waals surface area contributed by atoms with Crippen LogP contribution < -0.4 is 5.73 Å². The maximum Gasteiger partial charge on any atom is 0.340 e. The molecule has 2 N–H and O–H groups in total. The molecular weight excluding hydrogens is 138 g/mol. The van der Waals surface area contributed by atoms with Crippen molar-refractivity contribution in [2.75, 3.05) is 6.54 Å². The minimum atomic E-state index is -0.472. The molecule has 0 amide bonds. The van der Waals surface area contributed by atoms with E-state index in [-0.39, 0.29) is 0 Å². The Hall–Kier alpha value is 0.943. The Labute approximate surface area is 72.0 Å². The van der Waals surface area contributed by atoms with Gasteiger partial charge in [0.15, 0.2) is 0 Å². The highest BCUT2D eigenvalue weighted by molar-refractivity contribution is 7.15. The summed E-state index contributed by atoms with van der Waals surface area (Å²) in [6, 6.07) is 0. The molecule has 0 radical (unpaired) electrons. The molecule has 0 aromatic rings. The molecule has 0 aliphatic rings. The first-order valence-corrected chi connectivity index (χ1v) is 10.6. The zero-order chi connectivity index (χ0) is 7.91. The fraction of sp³-hybridized carbons (Fsp3) is 1.00. The highest BCUT2D eigenvalue weighted by Crippen LogP contribution is 1.87. The molecule has 0 rings (SSSR count). The lowest BCUT2D eigenvalue weighted by molar-refractivity contribution is 0.932. The molecule has 0 spiro atoms. The van der Waals surface area contributed by atoms with Crippen molar-refractivity contribution in [3.8, 4) is 0 Å². The molecule has 1 nitrogen and oxygen atoms in total. The van der Waals surface area contributed by atoms with Gasteiger partial charge in [0.05, 0.1) is 0 Å². The van der Waals surface area contributed by atoms with Crippen LogP contribution in [0.15, 0.2) is 0 Å². The zero-order valence-electron chi connectivity index (χ0n) is 7.49. The van der Waals surface area contributed by atoms with E-state index in [1.807, 2.05) is 0 Å². The average Bonchev–Trinajstić information content (AvgIpc) is 1.61. The van der Waals surface area contributed by atoms with Crippen LogP contribution in [0.5, 0.6) is 0 Å². The van der Waals surface area contributed by atoms with Crippen molar-refractivity contribution in [3.63, 3.8) is 0 Å². The van der Waals surface area contributed by atoms with Crippen LogP contribution in [0.4, 0.5) is 0 Å². The highest BCUT2D eigenvalue weighted by atomic mass is 28.5. The number of nitrogens with two attached hydrogens (primary N) is 1. The first-order valence-electron chi connectivity index (χ1n) is 3.62. The predicted molar refractivity (Wildman–Crippen MR) is 49.8 cm³/mol. The van der Waals surface area contributed by atoms with Gasteiger partial charge in [-0.2, -0.15) is 0 Å². The van der Waals surface area contributed by atoms with Crippen LogP contribution in [0.25, 0.3) is 0 Å². The molecule has 0 saturated carbocycles. The van der Waals surface area contributed by atoms with Crippen molar-refractivity contribution in [3.05, 3.63) is 0 Å². The van der Waals surface area contributed by atoms with Crippen molar-refractivity contribution in [2.24, 2.45) is 5.73 Å². The van der Waals surface area contributed by atoms with E-state index in [4.69, 9.17) is 5.73 Å². The summed E-state index contributed by atoms with van der Waals surface area (Å²) in [6.07, 6.45) is 1.10. The average molecular weight is 158 g/mol. The second-order valence-electron chi connectivity index (χ2n) is 3.79. The number of hydrogen-bond acceptors (Lipinski definition) is 1. The Kier molecular flexibility index (Phi) is 9.88. The van der Waals surface area contributed by atoms with E-state index in [0.29, 0.717) is 0 Å². The summed E-state index contributed by atoms with van der Waals surface area (Å²) in [5.41, 5.74) is 4.56. The van der Waals surface area contributed by atoms with Gasteiger partial charge in [0.1, 0.15) is 0 Å². The lowest BCUT2D eigenvalue weighted by Gasteiger charge is -2.04. The van der Waals surface area contributed by atoms with E-state index in [9.17, 15) is 0 Å². The van der Waals surface area contributed by atoms with Gasteiger partial charge in [-0.1, -0.05) is 32.3 Å². The fourth-order valence-electron chi connectivity index (χ4n) is 0. The normalized spacial score (nSPS) is 9.78. The molecule has 0 heterocycles. The van der Waals surface area contributed by atoms with Crippen LogP contribution in [-0.4, -0.2) is 33.2 Å². The fourth-order valence-corrected chi connectivity index (χ4v) is 0. The minimum Gasteiger partial charge on any atom is -0.330 e. The van der Waals surface area contributed by atoms with Gasteiger partial charge >= 0.3 is 20.9 Å². The molecule has 0 unspecified atom stereocenters. The molecule has 54 valence electrons. The van der Waals surface area contributed by atoms with Crippen LogP contribution in [0, 0.1) is 0 Å². The van der Waals surface area contributed by atoms with E-state index >= 15 is 0 Å². The van der Waals surface area contributed by atoms with Gasteiger partial charge in [0, 0.05) is 0 Å². The van der Waals surface area contributed by atoms with Crippen LogP contribution >= 0.6 is 0 Å².